The third-order valence-electron chi connectivity index (χ3n) is 3.91. The summed E-state index contributed by atoms with van der Waals surface area (Å²) in [5, 5.41) is 0. The van der Waals surface area contributed by atoms with E-state index in [1.807, 2.05) is 36.1 Å². The largest absolute Gasteiger partial charge is 0.494 e. The van der Waals surface area contributed by atoms with E-state index in [0.717, 1.165) is 25.1 Å². The highest BCUT2D eigenvalue weighted by Crippen LogP contribution is 2.19. The van der Waals surface area contributed by atoms with Gasteiger partial charge in [0.1, 0.15) is 18.1 Å². The van der Waals surface area contributed by atoms with Crippen LogP contribution in [0.25, 0.3) is 0 Å². The first kappa shape index (κ1) is 18.2. The highest BCUT2D eigenvalue weighted by atomic mass is 16.5. The first-order valence-corrected chi connectivity index (χ1v) is 8.37. The first-order valence-electron chi connectivity index (χ1n) is 8.37. The predicted molar refractivity (Wildman–Crippen MR) is 92.1 cm³/mol. The lowest BCUT2D eigenvalue weighted by Crippen LogP contribution is -2.43. The van der Waals surface area contributed by atoms with Gasteiger partial charge in [-0.25, -0.2) is 0 Å². The van der Waals surface area contributed by atoms with Gasteiger partial charge in [-0.2, -0.15) is 0 Å². The molecule has 0 spiro atoms. The Hall–Kier alpha value is -2.19. The number of hydrogen-bond acceptors (Lipinski definition) is 4. The average Bonchev–Trinajstić information content (AvgIpc) is 2.62. The summed E-state index contributed by atoms with van der Waals surface area (Å²) in [6, 6.07) is 7.29. The van der Waals surface area contributed by atoms with E-state index >= 15 is 0 Å². The van der Waals surface area contributed by atoms with Crippen LogP contribution in [0, 0.1) is 18.3 Å². The molecule has 1 aromatic rings. The lowest BCUT2D eigenvalue weighted by atomic mass is 9.99. The number of rotatable bonds is 8. The van der Waals surface area contributed by atoms with E-state index in [-0.39, 0.29) is 12.5 Å². The standard InChI is InChI=1S/C19H25NO4/c1-3-12-22-14-16-6-5-11-20(13-16)19(21)15-24-18-9-7-17(8-10-18)23-4-2/h1,7-10,16H,4-6,11-15H2,2H3. The fourth-order valence-corrected chi connectivity index (χ4v) is 2.75. The maximum atomic E-state index is 12.3. The van der Waals surface area contributed by atoms with Gasteiger partial charge in [0.05, 0.1) is 13.2 Å². The summed E-state index contributed by atoms with van der Waals surface area (Å²) >= 11 is 0. The van der Waals surface area contributed by atoms with Crippen molar-refractivity contribution in [3.8, 4) is 23.8 Å². The van der Waals surface area contributed by atoms with Gasteiger partial charge in [0, 0.05) is 13.1 Å². The second-order valence-electron chi connectivity index (χ2n) is 5.76. The van der Waals surface area contributed by atoms with Crippen LogP contribution in [0.3, 0.4) is 0 Å². The van der Waals surface area contributed by atoms with Crippen LogP contribution >= 0.6 is 0 Å². The molecule has 1 unspecified atom stereocenters. The van der Waals surface area contributed by atoms with E-state index in [4.69, 9.17) is 20.6 Å². The van der Waals surface area contributed by atoms with Gasteiger partial charge in [0.2, 0.25) is 0 Å². The maximum Gasteiger partial charge on any atom is 0.260 e. The normalized spacial score (nSPS) is 17.2. The van der Waals surface area contributed by atoms with Crippen molar-refractivity contribution in [3.05, 3.63) is 24.3 Å². The van der Waals surface area contributed by atoms with Gasteiger partial charge >= 0.3 is 0 Å². The Labute approximate surface area is 143 Å². The van der Waals surface area contributed by atoms with Crippen LogP contribution < -0.4 is 9.47 Å². The quantitative estimate of drug-likeness (QED) is 0.542. The van der Waals surface area contributed by atoms with Crippen LogP contribution in [0.15, 0.2) is 24.3 Å². The highest BCUT2D eigenvalue weighted by molar-refractivity contribution is 5.77. The number of carbonyl (C=O) groups is 1. The van der Waals surface area contributed by atoms with Crippen molar-refractivity contribution in [1.82, 2.24) is 4.90 Å². The van der Waals surface area contributed by atoms with E-state index in [1.54, 1.807) is 0 Å². The SMILES string of the molecule is C#CCOCC1CCCN(C(=O)COc2ccc(OCC)cc2)C1. The predicted octanol–water partition coefficient (Wildman–Crippen LogP) is 2.35. The number of hydrogen-bond donors (Lipinski definition) is 0. The molecule has 0 aromatic heterocycles. The minimum atomic E-state index is 0.00512. The Morgan fingerprint density at radius 3 is 2.67 bits per heavy atom. The van der Waals surface area contributed by atoms with Crippen LogP contribution in [-0.4, -0.2) is 50.3 Å². The summed E-state index contributed by atoms with van der Waals surface area (Å²) < 4.78 is 16.4. The van der Waals surface area contributed by atoms with Crippen molar-refractivity contribution >= 4 is 5.91 Å². The number of amides is 1. The number of benzene rings is 1. The van der Waals surface area contributed by atoms with Crippen molar-refractivity contribution in [2.24, 2.45) is 5.92 Å². The summed E-state index contributed by atoms with van der Waals surface area (Å²) in [6.45, 7) is 5.02. The molecule has 130 valence electrons. The van der Waals surface area contributed by atoms with E-state index < -0.39 is 0 Å². The van der Waals surface area contributed by atoms with Crippen molar-refractivity contribution in [2.75, 3.05) is 39.5 Å². The minimum Gasteiger partial charge on any atom is -0.494 e. The molecule has 0 bridgehead atoms. The van der Waals surface area contributed by atoms with Gasteiger partial charge in [-0.3, -0.25) is 4.79 Å². The zero-order chi connectivity index (χ0) is 17.2. The summed E-state index contributed by atoms with van der Waals surface area (Å²) in [5.41, 5.74) is 0. The summed E-state index contributed by atoms with van der Waals surface area (Å²) in [6.07, 6.45) is 7.23. The fourth-order valence-electron chi connectivity index (χ4n) is 2.75. The Morgan fingerprint density at radius 1 is 1.29 bits per heavy atom. The number of ether oxygens (including phenoxy) is 3. The number of nitrogens with zero attached hydrogens (tertiary/aromatic N) is 1. The first-order chi connectivity index (χ1) is 11.7. The maximum absolute atomic E-state index is 12.3. The van der Waals surface area contributed by atoms with Crippen molar-refractivity contribution in [3.63, 3.8) is 0 Å². The second-order valence-corrected chi connectivity index (χ2v) is 5.76. The molecule has 0 radical (unpaired) electrons. The zero-order valence-electron chi connectivity index (χ0n) is 14.2. The number of likely N-dealkylation sites (tertiary alicyclic amines) is 1. The van der Waals surface area contributed by atoms with Gasteiger partial charge in [-0.15, -0.1) is 6.42 Å². The van der Waals surface area contributed by atoms with Gasteiger partial charge < -0.3 is 19.1 Å². The van der Waals surface area contributed by atoms with Crippen LogP contribution in [0.1, 0.15) is 19.8 Å². The average molecular weight is 331 g/mol. The Morgan fingerprint density at radius 2 is 2.00 bits per heavy atom. The minimum absolute atomic E-state index is 0.00512. The summed E-state index contributed by atoms with van der Waals surface area (Å²) in [5.74, 6) is 4.27. The molecule has 24 heavy (non-hydrogen) atoms. The topological polar surface area (TPSA) is 48.0 Å². The molecule has 1 amide bonds. The van der Waals surface area contributed by atoms with Gasteiger partial charge in [0.25, 0.3) is 5.91 Å². The van der Waals surface area contributed by atoms with Crippen LogP contribution in [0.2, 0.25) is 0 Å². The molecule has 5 heteroatoms. The van der Waals surface area contributed by atoms with Crippen molar-refractivity contribution in [1.29, 1.82) is 0 Å². The molecule has 0 aliphatic carbocycles. The van der Waals surface area contributed by atoms with E-state index in [1.165, 1.54) is 0 Å². The van der Waals surface area contributed by atoms with Crippen LogP contribution in [0.4, 0.5) is 0 Å². The molecule has 1 aromatic carbocycles. The van der Waals surface area contributed by atoms with Gasteiger partial charge in [-0.1, -0.05) is 5.92 Å². The number of piperidine rings is 1. The Kier molecular flexibility index (Phi) is 7.44. The van der Waals surface area contributed by atoms with Crippen LogP contribution in [0.5, 0.6) is 11.5 Å². The van der Waals surface area contributed by atoms with Crippen molar-refractivity contribution in [2.45, 2.75) is 19.8 Å². The molecule has 0 N–H and O–H groups in total. The molecule has 1 aliphatic heterocycles. The van der Waals surface area contributed by atoms with E-state index in [2.05, 4.69) is 5.92 Å². The molecular formula is C19H25NO4. The Balaban J connectivity index is 1.76. The number of carbonyl (C=O) groups excluding carboxylic acids is 1. The van der Waals surface area contributed by atoms with Crippen LogP contribution in [-0.2, 0) is 9.53 Å². The van der Waals surface area contributed by atoms with E-state index in [0.29, 0.717) is 38.0 Å². The molecule has 2 rings (SSSR count). The molecule has 1 aliphatic rings. The third-order valence-corrected chi connectivity index (χ3v) is 3.91. The van der Waals surface area contributed by atoms with E-state index in [9.17, 15) is 4.79 Å². The summed E-state index contributed by atoms with van der Waals surface area (Å²) in [7, 11) is 0. The molecule has 0 saturated carbocycles. The van der Waals surface area contributed by atoms with Gasteiger partial charge in [0.15, 0.2) is 6.61 Å². The molecule has 5 nitrogen and oxygen atoms in total. The molecule has 1 fully saturated rings. The highest BCUT2D eigenvalue weighted by Gasteiger charge is 2.23. The van der Waals surface area contributed by atoms with Crippen molar-refractivity contribution < 1.29 is 19.0 Å². The fraction of sp³-hybridized carbons (Fsp3) is 0.526. The smallest absolute Gasteiger partial charge is 0.260 e. The number of terminal acetylenes is 1. The third kappa shape index (κ3) is 5.78. The molecular weight excluding hydrogens is 306 g/mol. The Bertz CT molecular complexity index is 549. The van der Waals surface area contributed by atoms with Gasteiger partial charge in [-0.05, 0) is 49.9 Å². The zero-order valence-corrected chi connectivity index (χ0v) is 14.2. The second kappa shape index (κ2) is 9.84. The lowest BCUT2D eigenvalue weighted by molar-refractivity contribution is -0.135. The lowest BCUT2D eigenvalue weighted by Gasteiger charge is -2.32. The molecule has 1 atom stereocenters. The molecule has 1 heterocycles. The summed E-state index contributed by atoms with van der Waals surface area (Å²) in [4.78, 5) is 14.2. The monoisotopic (exact) mass is 331 g/mol. The molecule has 1 saturated heterocycles.